The van der Waals surface area contributed by atoms with E-state index < -0.39 is 15.7 Å². The number of halogens is 1. The van der Waals surface area contributed by atoms with E-state index in [-0.39, 0.29) is 18.3 Å². The van der Waals surface area contributed by atoms with Crippen molar-refractivity contribution in [2.45, 2.75) is 44.0 Å². The Balaban J connectivity index is 1.63. The van der Waals surface area contributed by atoms with Crippen LogP contribution >= 0.6 is 0 Å². The smallest absolute Gasteiger partial charge is 0.323 e. The molecule has 31 heavy (non-hydrogen) atoms. The van der Waals surface area contributed by atoms with Gasteiger partial charge in [0.2, 0.25) is 0 Å². The quantitative estimate of drug-likeness (QED) is 0.598. The normalized spacial score (nSPS) is 17.6. The predicted molar refractivity (Wildman–Crippen MR) is 123 cm³/mol. The summed E-state index contributed by atoms with van der Waals surface area (Å²) in [5.41, 5.74) is 3.70. The molecule has 0 saturated carbocycles. The van der Waals surface area contributed by atoms with Gasteiger partial charge in [-0.3, -0.25) is 4.79 Å². The van der Waals surface area contributed by atoms with Gasteiger partial charge in [0, 0.05) is 34.6 Å². The third-order valence-corrected chi connectivity index (χ3v) is 8.50. The Morgan fingerprint density at radius 1 is 1.16 bits per heavy atom. The van der Waals surface area contributed by atoms with E-state index in [9.17, 15) is 18.5 Å². The van der Waals surface area contributed by atoms with Gasteiger partial charge in [0.05, 0.1) is 9.71 Å². The molecule has 0 aliphatic carbocycles. The van der Waals surface area contributed by atoms with Gasteiger partial charge >= 0.3 is 5.97 Å². The Morgan fingerprint density at radius 3 is 2.42 bits per heavy atom. The number of aliphatic carboxylic acids is 1. The molecule has 1 N–H and O–H groups in total. The largest absolute Gasteiger partial charge is 0.480 e. The van der Waals surface area contributed by atoms with Crippen molar-refractivity contribution in [3.8, 4) is 0 Å². The fourth-order valence-electron chi connectivity index (χ4n) is 4.67. The first-order valence-electron chi connectivity index (χ1n) is 10.4. The Bertz CT molecular complexity index is 1240. The molecule has 1 atom stereocenters. The van der Waals surface area contributed by atoms with Gasteiger partial charge in [-0.25, -0.2) is 12.9 Å². The average Bonchev–Trinajstić information content (AvgIpc) is 2.98. The minimum atomic E-state index is -2.56. The number of rotatable bonds is 5. The van der Waals surface area contributed by atoms with Gasteiger partial charge in [-0.2, -0.15) is 0 Å². The molecule has 0 amide bonds. The lowest BCUT2D eigenvalue weighted by Gasteiger charge is -2.34. The van der Waals surface area contributed by atoms with Crippen LogP contribution in [0.4, 0.5) is 4.39 Å². The molecule has 7 heteroatoms. The lowest BCUT2D eigenvalue weighted by molar-refractivity contribution is -0.137. The molecule has 2 aromatic carbocycles. The minimum absolute atomic E-state index is 0.142. The summed E-state index contributed by atoms with van der Waals surface area (Å²) in [6.07, 6.45) is 1.50. The van der Waals surface area contributed by atoms with E-state index in [1.165, 1.54) is 12.1 Å². The van der Waals surface area contributed by atoms with E-state index in [1.807, 2.05) is 42.4 Å². The second kappa shape index (κ2) is 8.13. The maximum absolute atomic E-state index is 14.0. The number of carbonyl (C=O) groups is 1. The fourth-order valence-corrected chi connectivity index (χ4v) is 6.33. The van der Waals surface area contributed by atoms with Crippen molar-refractivity contribution in [2.75, 3.05) is 13.1 Å². The van der Waals surface area contributed by atoms with E-state index in [2.05, 4.69) is 5.87 Å². The van der Waals surface area contributed by atoms with Gasteiger partial charge in [0.25, 0.3) is 0 Å². The first kappa shape index (κ1) is 21.6. The molecule has 1 unspecified atom stereocenters. The van der Waals surface area contributed by atoms with E-state index in [1.54, 1.807) is 10.6 Å². The van der Waals surface area contributed by atoms with Crippen molar-refractivity contribution in [1.82, 2.24) is 8.87 Å². The van der Waals surface area contributed by atoms with Crippen molar-refractivity contribution < 1.29 is 18.5 Å². The summed E-state index contributed by atoms with van der Waals surface area (Å²) in [5.74, 6) is 2.92. The van der Waals surface area contributed by atoms with Gasteiger partial charge in [0.15, 0.2) is 0 Å². The summed E-state index contributed by atoms with van der Waals surface area (Å²) in [4.78, 5) is 12.1. The first-order chi connectivity index (χ1) is 14.7. The summed E-state index contributed by atoms with van der Waals surface area (Å²) in [7, 11) is -2.56. The number of piperidine rings is 1. The van der Waals surface area contributed by atoms with Crippen molar-refractivity contribution in [1.29, 1.82) is 0 Å². The summed E-state index contributed by atoms with van der Waals surface area (Å²) >= 11 is 0. The topological polar surface area (TPSA) is 62.5 Å². The number of hydrogen-bond donors (Lipinski definition) is 1. The van der Waals surface area contributed by atoms with Gasteiger partial charge < -0.3 is 9.67 Å². The van der Waals surface area contributed by atoms with Crippen molar-refractivity contribution in [2.24, 2.45) is 0 Å². The Labute approximate surface area is 182 Å². The molecule has 1 aliphatic rings. The number of aromatic nitrogens is 1. The number of carboxylic acid groups (broad SMARTS) is 1. The van der Waals surface area contributed by atoms with Gasteiger partial charge in [0.1, 0.15) is 12.4 Å². The third kappa shape index (κ3) is 4.00. The Morgan fingerprint density at radius 2 is 1.81 bits per heavy atom. The van der Waals surface area contributed by atoms with Crippen LogP contribution in [0.15, 0.2) is 47.4 Å². The maximum atomic E-state index is 14.0. The highest BCUT2D eigenvalue weighted by atomic mass is 32.2. The zero-order valence-electron chi connectivity index (χ0n) is 17.8. The van der Waals surface area contributed by atoms with Crippen LogP contribution in [0.2, 0.25) is 0 Å². The average molecular weight is 443 g/mol. The van der Waals surface area contributed by atoms with E-state index in [0.717, 1.165) is 45.5 Å². The predicted octanol–water partition coefficient (Wildman–Crippen LogP) is 4.35. The van der Waals surface area contributed by atoms with Gasteiger partial charge in [-0.15, -0.1) is 0 Å². The summed E-state index contributed by atoms with van der Waals surface area (Å²) in [5, 5.41) is 10.1. The summed E-state index contributed by atoms with van der Waals surface area (Å²) < 4.78 is 31.2. The van der Waals surface area contributed by atoms with E-state index in [4.69, 9.17) is 0 Å². The number of hydrogen-bond acceptors (Lipinski definition) is 2. The second-order valence-corrected chi connectivity index (χ2v) is 10.6. The van der Waals surface area contributed by atoms with Crippen LogP contribution in [-0.2, 0) is 21.0 Å². The third-order valence-electron chi connectivity index (χ3n) is 6.30. The highest BCUT2D eigenvalue weighted by molar-refractivity contribution is 7.98. The number of carboxylic acids is 1. The zero-order valence-corrected chi connectivity index (χ0v) is 18.6. The lowest BCUT2D eigenvalue weighted by Crippen LogP contribution is -2.37. The molecule has 3 aromatic rings. The van der Waals surface area contributed by atoms with Crippen LogP contribution in [0.25, 0.3) is 10.9 Å². The molecule has 1 aromatic heterocycles. The standard InChI is InChI=1S/C24H27FN2O3S/c1-16-4-7-20(8-5-16)31(3,30)26-12-10-18(11-13-26)24-17(2)27(15-23(28)29)22-9-6-19(25)14-21(22)24/h4-9,14,18H,3,10-13,15H2,1-2H3,(H,28,29). The number of nitrogens with zero attached hydrogens (tertiary/aromatic N) is 2. The SMILES string of the molecule is C=S(=O)(c1ccc(C)cc1)N1CCC(c2c(C)n(CC(=O)O)c3ccc(F)cc23)CC1. The highest BCUT2D eigenvalue weighted by Crippen LogP contribution is 2.38. The minimum Gasteiger partial charge on any atom is -0.480 e. The molecule has 2 heterocycles. The van der Waals surface area contributed by atoms with Crippen molar-refractivity contribution in [3.63, 3.8) is 0 Å². The first-order valence-corrected chi connectivity index (χ1v) is 12.1. The molecule has 1 saturated heterocycles. The molecule has 164 valence electrons. The van der Waals surface area contributed by atoms with Crippen molar-refractivity contribution in [3.05, 3.63) is 65.1 Å². The molecule has 0 bridgehead atoms. The molecule has 1 aliphatic heterocycles. The maximum Gasteiger partial charge on any atom is 0.323 e. The number of fused-ring (bicyclic) bond motifs is 1. The monoisotopic (exact) mass is 442 g/mol. The zero-order chi connectivity index (χ0) is 22.3. The van der Waals surface area contributed by atoms with E-state index >= 15 is 0 Å². The molecule has 0 radical (unpaired) electrons. The van der Waals surface area contributed by atoms with Crippen LogP contribution in [-0.4, -0.2) is 43.1 Å². The Kier molecular flexibility index (Phi) is 5.66. The van der Waals surface area contributed by atoms with E-state index in [0.29, 0.717) is 13.1 Å². The van der Waals surface area contributed by atoms with Crippen molar-refractivity contribution >= 4 is 32.5 Å². The molecule has 4 rings (SSSR count). The van der Waals surface area contributed by atoms with Crippen LogP contribution in [0, 0.1) is 19.7 Å². The molecule has 5 nitrogen and oxygen atoms in total. The highest BCUT2D eigenvalue weighted by Gasteiger charge is 2.30. The number of benzene rings is 2. The Hall–Kier alpha value is -2.64. The number of aryl methyl sites for hydroxylation is 1. The summed E-state index contributed by atoms with van der Waals surface area (Å²) in [6.45, 7) is 4.96. The van der Waals surface area contributed by atoms with Gasteiger partial charge in [-0.05, 0) is 74.4 Å². The molecule has 0 spiro atoms. The van der Waals surface area contributed by atoms with Gasteiger partial charge in [-0.1, -0.05) is 17.7 Å². The fraction of sp³-hybridized carbons (Fsp3) is 0.333. The molecular weight excluding hydrogens is 415 g/mol. The second-order valence-electron chi connectivity index (χ2n) is 8.30. The van der Waals surface area contributed by atoms with Crippen LogP contribution in [0.5, 0.6) is 0 Å². The van der Waals surface area contributed by atoms with Crippen LogP contribution in [0.1, 0.15) is 35.6 Å². The molecular formula is C24H27FN2O3S. The summed E-state index contributed by atoms with van der Waals surface area (Å²) in [6, 6.07) is 12.2. The van der Waals surface area contributed by atoms with Crippen LogP contribution in [0.3, 0.4) is 0 Å². The lowest BCUT2D eigenvalue weighted by atomic mass is 9.88. The molecule has 1 fully saturated rings. The van der Waals surface area contributed by atoms with Crippen LogP contribution < -0.4 is 0 Å².